The van der Waals surface area contributed by atoms with Crippen molar-refractivity contribution in [1.82, 2.24) is 4.98 Å². The molecule has 0 aliphatic carbocycles. The van der Waals surface area contributed by atoms with Crippen LogP contribution in [0.5, 0.6) is 0 Å². The molecule has 60 valence electrons. The molecule has 0 aliphatic rings. The van der Waals surface area contributed by atoms with Gasteiger partial charge in [-0.1, -0.05) is 11.6 Å². The maximum absolute atomic E-state index is 10.5. The van der Waals surface area contributed by atoms with E-state index in [9.17, 15) is 4.79 Å². The fraction of sp³-hybridized carbons (Fsp3) is 0. The van der Waals surface area contributed by atoms with Crippen LogP contribution in [0.25, 0.3) is 10.2 Å². The second-order valence-corrected chi connectivity index (χ2v) is 3.59. The second-order valence-electron chi connectivity index (χ2n) is 2.29. The van der Waals surface area contributed by atoms with Crippen LogP contribution in [0.1, 0.15) is 10.4 Å². The van der Waals surface area contributed by atoms with Crippen molar-refractivity contribution in [3.8, 4) is 0 Å². The smallest absolute Gasteiger partial charge is 0.153 e. The van der Waals surface area contributed by atoms with Gasteiger partial charge >= 0.3 is 0 Å². The topological polar surface area (TPSA) is 30.0 Å². The third kappa shape index (κ3) is 1.11. The van der Waals surface area contributed by atoms with Gasteiger partial charge in [0.2, 0.25) is 0 Å². The first kappa shape index (κ1) is 7.71. The van der Waals surface area contributed by atoms with E-state index in [0.29, 0.717) is 16.2 Å². The first-order valence-electron chi connectivity index (χ1n) is 3.30. The molecule has 0 saturated carbocycles. The normalized spacial score (nSPS) is 10.4. The first-order chi connectivity index (χ1) is 5.81. The van der Waals surface area contributed by atoms with E-state index in [1.807, 2.05) is 6.07 Å². The van der Waals surface area contributed by atoms with Crippen molar-refractivity contribution in [3.63, 3.8) is 0 Å². The van der Waals surface area contributed by atoms with Gasteiger partial charge in [0.05, 0.1) is 15.8 Å². The number of fused-ring (bicyclic) bond motifs is 1. The molecule has 2 rings (SSSR count). The Hall–Kier alpha value is -0.930. The van der Waals surface area contributed by atoms with Crippen LogP contribution in [-0.2, 0) is 0 Å². The molecule has 0 radical (unpaired) electrons. The van der Waals surface area contributed by atoms with Crippen LogP contribution in [0.2, 0.25) is 5.15 Å². The van der Waals surface area contributed by atoms with Gasteiger partial charge in [0.25, 0.3) is 0 Å². The van der Waals surface area contributed by atoms with Crippen molar-refractivity contribution in [2.45, 2.75) is 0 Å². The van der Waals surface area contributed by atoms with Crippen molar-refractivity contribution in [2.75, 3.05) is 0 Å². The van der Waals surface area contributed by atoms with Gasteiger partial charge in [-0.25, -0.2) is 4.98 Å². The summed E-state index contributed by atoms with van der Waals surface area (Å²) in [6.07, 6.45) is 0.794. The molecule has 0 atom stereocenters. The molecular formula is C8H4ClNOS. The number of aromatic nitrogens is 1. The highest BCUT2D eigenvalue weighted by atomic mass is 35.5. The van der Waals surface area contributed by atoms with Crippen LogP contribution < -0.4 is 0 Å². The summed E-state index contributed by atoms with van der Waals surface area (Å²) in [4.78, 5) is 14.6. The maximum atomic E-state index is 10.5. The van der Waals surface area contributed by atoms with Crippen LogP contribution in [0.4, 0.5) is 0 Å². The molecule has 0 fully saturated rings. The van der Waals surface area contributed by atoms with Crippen LogP contribution in [0.15, 0.2) is 17.5 Å². The van der Waals surface area contributed by atoms with Crippen molar-refractivity contribution >= 4 is 39.4 Å². The van der Waals surface area contributed by atoms with Crippen LogP contribution in [0, 0.1) is 0 Å². The number of hydrogen-bond acceptors (Lipinski definition) is 3. The molecule has 0 amide bonds. The number of hydrogen-bond donors (Lipinski definition) is 0. The van der Waals surface area contributed by atoms with E-state index in [4.69, 9.17) is 11.6 Å². The van der Waals surface area contributed by atoms with Gasteiger partial charge in [0, 0.05) is 5.38 Å². The molecule has 12 heavy (non-hydrogen) atoms. The number of rotatable bonds is 1. The zero-order valence-electron chi connectivity index (χ0n) is 5.95. The molecule has 4 heteroatoms. The van der Waals surface area contributed by atoms with Crippen molar-refractivity contribution in [3.05, 3.63) is 28.2 Å². The van der Waals surface area contributed by atoms with Gasteiger partial charge in [0.1, 0.15) is 5.15 Å². The molecule has 0 spiro atoms. The van der Waals surface area contributed by atoms with E-state index in [2.05, 4.69) is 4.98 Å². The highest BCUT2D eigenvalue weighted by Crippen LogP contribution is 2.24. The van der Waals surface area contributed by atoms with E-state index in [1.165, 1.54) is 11.3 Å². The number of thiophene rings is 1. The summed E-state index contributed by atoms with van der Waals surface area (Å²) in [5.41, 5.74) is 1.31. The summed E-state index contributed by atoms with van der Waals surface area (Å²) in [5, 5.41) is 2.20. The molecule has 0 aliphatic heterocycles. The summed E-state index contributed by atoms with van der Waals surface area (Å²) in [5.74, 6) is 0. The SMILES string of the molecule is O=Cc1csc2ccc(Cl)nc12. The maximum Gasteiger partial charge on any atom is 0.153 e. The lowest BCUT2D eigenvalue weighted by Gasteiger charge is -1.89. The Balaban J connectivity index is 2.83. The lowest BCUT2D eigenvalue weighted by Crippen LogP contribution is -1.79. The lowest BCUT2D eigenvalue weighted by atomic mass is 10.3. The van der Waals surface area contributed by atoms with Crippen molar-refractivity contribution in [1.29, 1.82) is 0 Å². The quantitative estimate of drug-likeness (QED) is 0.520. The standard InChI is InChI=1S/C8H4ClNOS/c9-7-2-1-6-8(10-7)5(3-11)4-12-6/h1-4H. The molecule has 0 saturated heterocycles. The minimum Gasteiger partial charge on any atom is -0.298 e. The predicted molar refractivity (Wildman–Crippen MR) is 50.0 cm³/mol. The van der Waals surface area contributed by atoms with Gasteiger partial charge in [0.15, 0.2) is 6.29 Å². The molecule has 0 bridgehead atoms. The summed E-state index contributed by atoms with van der Waals surface area (Å²) in [6, 6.07) is 3.58. The van der Waals surface area contributed by atoms with Gasteiger partial charge in [-0.05, 0) is 12.1 Å². The fourth-order valence-corrected chi connectivity index (χ4v) is 1.98. The lowest BCUT2D eigenvalue weighted by molar-refractivity contribution is 0.112. The first-order valence-corrected chi connectivity index (χ1v) is 4.56. The number of aldehydes is 1. The van der Waals surface area contributed by atoms with Gasteiger partial charge in [-0.2, -0.15) is 0 Å². The molecule has 0 N–H and O–H groups in total. The largest absolute Gasteiger partial charge is 0.298 e. The zero-order chi connectivity index (χ0) is 8.55. The molecule has 2 aromatic rings. The summed E-state index contributed by atoms with van der Waals surface area (Å²) < 4.78 is 0.988. The average molecular weight is 198 g/mol. The highest BCUT2D eigenvalue weighted by molar-refractivity contribution is 7.17. The Labute approximate surface area is 77.8 Å². The molecule has 0 aromatic carbocycles. The number of nitrogens with zero attached hydrogens (tertiary/aromatic N) is 1. The zero-order valence-corrected chi connectivity index (χ0v) is 7.52. The average Bonchev–Trinajstić information content (AvgIpc) is 2.46. The minimum absolute atomic E-state index is 0.420. The summed E-state index contributed by atoms with van der Waals surface area (Å²) in [7, 11) is 0. The Kier molecular flexibility index (Phi) is 1.83. The van der Waals surface area contributed by atoms with E-state index in [1.54, 1.807) is 11.4 Å². The third-order valence-corrected chi connectivity index (χ3v) is 2.70. The van der Waals surface area contributed by atoms with E-state index in [0.717, 1.165) is 11.0 Å². The second kappa shape index (κ2) is 2.84. The highest BCUT2D eigenvalue weighted by Gasteiger charge is 2.04. The van der Waals surface area contributed by atoms with Crippen molar-refractivity contribution < 1.29 is 4.79 Å². The number of halogens is 1. The molecule has 2 nitrogen and oxygen atoms in total. The minimum atomic E-state index is 0.420. The number of carbonyl (C=O) groups is 1. The predicted octanol–water partition coefficient (Wildman–Crippen LogP) is 2.76. The van der Waals surface area contributed by atoms with Gasteiger partial charge < -0.3 is 0 Å². The van der Waals surface area contributed by atoms with Crippen LogP contribution in [-0.4, -0.2) is 11.3 Å². The molecule has 2 aromatic heterocycles. The Morgan fingerprint density at radius 3 is 3.08 bits per heavy atom. The van der Waals surface area contributed by atoms with E-state index >= 15 is 0 Å². The number of pyridine rings is 1. The van der Waals surface area contributed by atoms with Crippen LogP contribution >= 0.6 is 22.9 Å². The Morgan fingerprint density at radius 2 is 2.33 bits per heavy atom. The Bertz CT molecular complexity index is 438. The van der Waals surface area contributed by atoms with Crippen molar-refractivity contribution in [2.24, 2.45) is 0 Å². The summed E-state index contributed by atoms with van der Waals surface area (Å²) in [6.45, 7) is 0. The fourth-order valence-electron chi connectivity index (χ4n) is 0.991. The molecule has 2 heterocycles. The van der Waals surface area contributed by atoms with Crippen LogP contribution in [0.3, 0.4) is 0 Å². The van der Waals surface area contributed by atoms with Gasteiger partial charge in [-0.15, -0.1) is 11.3 Å². The van der Waals surface area contributed by atoms with E-state index in [-0.39, 0.29) is 0 Å². The monoisotopic (exact) mass is 197 g/mol. The molecular weight excluding hydrogens is 194 g/mol. The summed E-state index contributed by atoms with van der Waals surface area (Å²) >= 11 is 7.18. The third-order valence-electron chi connectivity index (χ3n) is 1.54. The molecule has 0 unspecified atom stereocenters. The Morgan fingerprint density at radius 1 is 1.50 bits per heavy atom. The number of carbonyl (C=O) groups excluding carboxylic acids is 1. The van der Waals surface area contributed by atoms with Gasteiger partial charge in [-0.3, -0.25) is 4.79 Å². The van der Waals surface area contributed by atoms with E-state index < -0.39 is 0 Å².